The number of hydrogen-bond acceptors (Lipinski definition) is 3. The summed E-state index contributed by atoms with van der Waals surface area (Å²) in [4.78, 5) is 1.12. The molecular formula is C12H10BrClN2OS. The molecule has 94 valence electrons. The maximum absolute atomic E-state index is 7.33. The van der Waals surface area contributed by atoms with Crippen molar-refractivity contribution in [3.8, 4) is 5.75 Å². The molecule has 0 fully saturated rings. The van der Waals surface area contributed by atoms with Gasteiger partial charge in [-0.15, -0.1) is 11.3 Å². The molecule has 3 nitrogen and oxygen atoms in total. The standard InChI is InChI=1S/C12H10BrClN2OS/c13-7-3-9(18-6-7)5-17-8-1-2-10(12(15)16)11(14)4-8/h1-4,6H,5H2,(H3,15,16). The minimum absolute atomic E-state index is 0.0475. The molecule has 1 aromatic carbocycles. The van der Waals surface area contributed by atoms with E-state index in [0.29, 0.717) is 22.9 Å². The van der Waals surface area contributed by atoms with Gasteiger partial charge in [-0.3, -0.25) is 5.41 Å². The fourth-order valence-corrected chi connectivity index (χ4v) is 3.02. The van der Waals surface area contributed by atoms with Gasteiger partial charge in [-0.2, -0.15) is 0 Å². The van der Waals surface area contributed by atoms with Crippen molar-refractivity contribution in [1.82, 2.24) is 0 Å². The highest BCUT2D eigenvalue weighted by Gasteiger charge is 2.06. The smallest absolute Gasteiger partial charge is 0.124 e. The summed E-state index contributed by atoms with van der Waals surface area (Å²) in [5.74, 6) is 0.614. The Morgan fingerprint density at radius 3 is 2.78 bits per heavy atom. The zero-order valence-corrected chi connectivity index (χ0v) is 12.4. The predicted octanol–water partition coefficient (Wildman–Crippen LogP) is 4.03. The summed E-state index contributed by atoms with van der Waals surface area (Å²) in [6.07, 6.45) is 0. The fraction of sp³-hybridized carbons (Fsp3) is 0.0833. The zero-order valence-electron chi connectivity index (χ0n) is 9.24. The Labute approximate surface area is 122 Å². The van der Waals surface area contributed by atoms with Crippen LogP contribution < -0.4 is 10.5 Å². The van der Waals surface area contributed by atoms with E-state index in [1.54, 1.807) is 29.5 Å². The first kappa shape index (κ1) is 13.4. The first-order valence-corrected chi connectivity index (χ1v) is 7.11. The summed E-state index contributed by atoms with van der Waals surface area (Å²) >= 11 is 11.0. The van der Waals surface area contributed by atoms with Gasteiger partial charge in [0, 0.05) is 20.3 Å². The van der Waals surface area contributed by atoms with E-state index in [1.165, 1.54) is 0 Å². The maximum atomic E-state index is 7.33. The van der Waals surface area contributed by atoms with Gasteiger partial charge in [-0.25, -0.2) is 0 Å². The molecule has 0 radical (unpaired) electrons. The largest absolute Gasteiger partial charge is 0.488 e. The van der Waals surface area contributed by atoms with Crippen LogP contribution in [0, 0.1) is 5.41 Å². The highest BCUT2D eigenvalue weighted by molar-refractivity contribution is 9.10. The molecule has 1 heterocycles. The monoisotopic (exact) mass is 344 g/mol. The van der Waals surface area contributed by atoms with Gasteiger partial charge in [0.25, 0.3) is 0 Å². The fourth-order valence-electron chi connectivity index (χ4n) is 1.39. The first-order valence-electron chi connectivity index (χ1n) is 5.06. The zero-order chi connectivity index (χ0) is 13.1. The molecule has 18 heavy (non-hydrogen) atoms. The summed E-state index contributed by atoms with van der Waals surface area (Å²) < 4.78 is 6.67. The van der Waals surface area contributed by atoms with Gasteiger partial charge in [0.1, 0.15) is 18.2 Å². The van der Waals surface area contributed by atoms with Crippen molar-refractivity contribution in [2.75, 3.05) is 0 Å². The third-order valence-electron chi connectivity index (χ3n) is 2.23. The molecule has 0 atom stereocenters. The molecule has 0 amide bonds. The van der Waals surface area contributed by atoms with Crippen molar-refractivity contribution in [2.24, 2.45) is 5.73 Å². The van der Waals surface area contributed by atoms with Gasteiger partial charge in [-0.05, 0) is 40.2 Å². The number of ether oxygens (including phenoxy) is 1. The molecule has 0 aliphatic rings. The van der Waals surface area contributed by atoms with E-state index in [-0.39, 0.29) is 5.84 Å². The van der Waals surface area contributed by atoms with Gasteiger partial charge in [0.2, 0.25) is 0 Å². The van der Waals surface area contributed by atoms with E-state index >= 15 is 0 Å². The van der Waals surface area contributed by atoms with Crippen LogP contribution in [0.5, 0.6) is 5.75 Å². The van der Waals surface area contributed by atoms with Crippen LogP contribution in [0.3, 0.4) is 0 Å². The molecule has 0 aliphatic carbocycles. The molecule has 6 heteroatoms. The van der Waals surface area contributed by atoms with Gasteiger partial charge in [0.15, 0.2) is 0 Å². The van der Waals surface area contributed by atoms with Crippen molar-refractivity contribution in [1.29, 1.82) is 5.41 Å². The second-order valence-corrected chi connectivity index (χ2v) is 5.89. The molecule has 0 unspecified atom stereocenters. The summed E-state index contributed by atoms with van der Waals surface area (Å²) in [6, 6.07) is 7.12. The SMILES string of the molecule is N=C(N)c1ccc(OCc2cc(Br)cs2)cc1Cl. The second kappa shape index (κ2) is 5.73. The predicted molar refractivity (Wildman–Crippen MR) is 78.8 cm³/mol. The van der Waals surface area contributed by atoms with Gasteiger partial charge < -0.3 is 10.5 Å². The average molecular weight is 346 g/mol. The third-order valence-corrected chi connectivity index (χ3v) is 4.22. The van der Waals surface area contributed by atoms with E-state index in [1.807, 2.05) is 11.4 Å². The number of nitrogen functional groups attached to an aromatic ring is 1. The molecule has 0 bridgehead atoms. The van der Waals surface area contributed by atoms with Gasteiger partial charge >= 0.3 is 0 Å². The number of nitrogens with one attached hydrogen (secondary N) is 1. The molecule has 2 rings (SSSR count). The van der Waals surface area contributed by atoms with Crippen LogP contribution in [0.25, 0.3) is 0 Å². The summed E-state index contributed by atoms with van der Waals surface area (Å²) in [7, 11) is 0. The topological polar surface area (TPSA) is 59.1 Å². The quantitative estimate of drug-likeness (QED) is 0.649. The van der Waals surface area contributed by atoms with Crippen LogP contribution in [0.15, 0.2) is 34.1 Å². The number of amidine groups is 1. The number of benzene rings is 1. The summed E-state index contributed by atoms with van der Waals surface area (Å²) in [5, 5.41) is 9.76. The molecule has 0 saturated carbocycles. The lowest BCUT2D eigenvalue weighted by atomic mass is 10.2. The Morgan fingerprint density at radius 1 is 1.44 bits per heavy atom. The van der Waals surface area contributed by atoms with Crippen LogP contribution in [-0.2, 0) is 6.61 Å². The third kappa shape index (κ3) is 3.25. The van der Waals surface area contributed by atoms with Crippen molar-refractivity contribution in [2.45, 2.75) is 6.61 Å². The highest BCUT2D eigenvalue weighted by Crippen LogP contribution is 2.25. The average Bonchev–Trinajstić information content (AvgIpc) is 2.72. The number of thiophene rings is 1. The van der Waals surface area contributed by atoms with Crippen molar-refractivity contribution < 1.29 is 4.74 Å². The van der Waals surface area contributed by atoms with Crippen molar-refractivity contribution >= 4 is 44.7 Å². The molecule has 0 spiro atoms. The summed E-state index contributed by atoms with van der Waals surface area (Å²) in [6.45, 7) is 0.492. The lowest BCUT2D eigenvalue weighted by Gasteiger charge is -2.07. The lowest BCUT2D eigenvalue weighted by molar-refractivity contribution is 0.310. The van der Waals surface area contributed by atoms with Gasteiger partial charge in [0.05, 0.1) is 5.02 Å². The molecule has 1 aromatic heterocycles. The Hall–Kier alpha value is -1.04. The summed E-state index contributed by atoms with van der Waals surface area (Å²) in [5.41, 5.74) is 5.90. The molecule has 3 N–H and O–H groups in total. The van der Waals surface area contributed by atoms with Crippen LogP contribution in [0.2, 0.25) is 5.02 Å². The Kier molecular flexibility index (Phi) is 4.27. The Morgan fingerprint density at radius 2 is 2.22 bits per heavy atom. The van der Waals surface area contributed by atoms with Crippen LogP contribution in [0.1, 0.15) is 10.4 Å². The van der Waals surface area contributed by atoms with Crippen LogP contribution in [-0.4, -0.2) is 5.84 Å². The van der Waals surface area contributed by atoms with Crippen LogP contribution >= 0.6 is 38.9 Å². The van der Waals surface area contributed by atoms with E-state index in [2.05, 4.69) is 15.9 Å². The minimum Gasteiger partial charge on any atom is -0.488 e. The van der Waals surface area contributed by atoms with Crippen LogP contribution in [0.4, 0.5) is 0 Å². The second-order valence-electron chi connectivity index (χ2n) is 3.58. The minimum atomic E-state index is -0.0475. The normalized spacial score (nSPS) is 10.3. The highest BCUT2D eigenvalue weighted by atomic mass is 79.9. The number of halogens is 2. The van der Waals surface area contributed by atoms with E-state index in [4.69, 9.17) is 27.5 Å². The van der Waals surface area contributed by atoms with E-state index in [0.717, 1.165) is 9.35 Å². The Balaban J connectivity index is 2.06. The number of nitrogens with two attached hydrogens (primary N) is 1. The maximum Gasteiger partial charge on any atom is 0.124 e. The molecule has 0 saturated heterocycles. The molecule has 0 aliphatic heterocycles. The van der Waals surface area contributed by atoms with E-state index in [9.17, 15) is 0 Å². The lowest BCUT2D eigenvalue weighted by Crippen LogP contribution is -2.11. The Bertz CT molecular complexity index is 585. The molecular weight excluding hydrogens is 336 g/mol. The van der Waals surface area contributed by atoms with Crippen molar-refractivity contribution in [3.63, 3.8) is 0 Å². The molecule has 2 aromatic rings. The van der Waals surface area contributed by atoms with Crippen molar-refractivity contribution in [3.05, 3.63) is 49.6 Å². The van der Waals surface area contributed by atoms with Gasteiger partial charge in [-0.1, -0.05) is 11.6 Å². The first-order chi connectivity index (χ1) is 8.56. The van der Waals surface area contributed by atoms with E-state index < -0.39 is 0 Å². The number of rotatable bonds is 4. The number of hydrogen-bond donors (Lipinski definition) is 2.